The number of anilines is 1. The Balaban J connectivity index is 2.06. The van der Waals surface area contributed by atoms with Gasteiger partial charge >= 0.3 is 0 Å². The summed E-state index contributed by atoms with van der Waals surface area (Å²) >= 11 is 5.60. The lowest BCUT2D eigenvalue weighted by Crippen LogP contribution is -2.10. The predicted octanol–water partition coefficient (Wildman–Crippen LogP) is 3.28. The van der Waals surface area contributed by atoms with Crippen molar-refractivity contribution in [3.8, 4) is 5.75 Å². The molecule has 0 bridgehead atoms. The summed E-state index contributed by atoms with van der Waals surface area (Å²) in [5.41, 5.74) is 0.671. The van der Waals surface area contributed by atoms with E-state index in [0.717, 1.165) is 5.75 Å². The minimum atomic E-state index is -0.309. The predicted molar refractivity (Wildman–Crippen MR) is 69.2 cm³/mol. The first-order valence-electron chi connectivity index (χ1n) is 5.33. The van der Waals surface area contributed by atoms with Crippen molar-refractivity contribution in [1.82, 2.24) is 0 Å². The van der Waals surface area contributed by atoms with Crippen molar-refractivity contribution in [2.75, 3.05) is 12.4 Å². The third-order valence-corrected chi connectivity index (χ3v) is 2.63. The zero-order valence-corrected chi connectivity index (χ0v) is 10.5. The number of hydrogen-bond donors (Lipinski definition) is 1. The van der Waals surface area contributed by atoms with Crippen molar-refractivity contribution in [2.45, 2.75) is 5.88 Å². The Morgan fingerprint density at radius 3 is 2.56 bits per heavy atom. The molecule has 4 nitrogen and oxygen atoms in total. The van der Waals surface area contributed by atoms with Crippen molar-refractivity contribution in [3.63, 3.8) is 0 Å². The first kappa shape index (κ1) is 12.5. The van der Waals surface area contributed by atoms with E-state index in [1.807, 2.05) is 0 Å². The summed E-state index contributed by atoms with van der Waals surface area (Å²) in [4.78, 5) is 11.8. The maximum Gasteiger partial charge on any atom is 0.291 e. The number of furan rings is 1. The zero-order chi connectivity index (χ0) is 13.0. The average molecular weight is 266 g/mol. The number of carbonyl (C=O) groups is 1. The zero-order valence-electron chi connectivity index (χ0n) is 9.77. The van der Waals surface area contributed by atoms with Crippen molar-refractivity contribution in [2.24, 2.45) is 0 Å². The number of carbonyl (C=O) groups excluding carboxylic acids is 1. The maximum absolute atomic E-state index is 11.8. The molecule has 1 aromatic heterocycles. The van der Waals surface area contributed by atoms with Crippen LogP contribution in [0.3, 0.4) is 0 Å². The second-order valence-corrected chi connectivity index (χ2v) is 3.85. The first-order chi connectivity index (χ1) is 8.72. The number of nitrogens with one attached hydrogen (secondary N) is 1. The Bertz CT molecular complexity index is 533. The molecule has 1 heterocycles. The number of methoxy groups -OCH3 is 1. The fourth-order valence-corrected chi connectivity index (χ4v) is 1.58. The van der Waals surface area contributed by atoms with E-state index in [2.05, 4.69) is 5.32 Å². The highest BCUT2D eigenvalue weighted by Crippen LogP contribution is 2.17. The molecule has 94 valence electrons. The number of hydrogen-bond acceptors (Lipinski definition) is 3. The SMILES string of the molecule is COc1ccc(NC(=O)c2ccc(CCl)o2)cc1. The van der Waals surface area contributed by atoms with Crippen LogP contribution < -0.4 is 10.1 Å². The van der Waals surface area contributed by atoms with Gasteiger partial charge in [-0.3, -0.25) is 4.79 Å². The van der Waals surface area contributed by atoms with E-state index in [-0.39, 0.29) is 17.5 Å². The summed E-state index contributed by atoms with van der Waals surface area (Å²) in [6, 6.07) is 10.3. The highest BCUT2D eigenvalue weighted by molar-refractivity contribution is 6.16. The van der Waals surface area contributed by atoms with Gasteiger partial charge in [0.2, 0.25) is 0 Å². The molecule has 0 atom stereocenters. The van der Waals surface area contributed by atoms with E-state index in [1.54, 1.807) is 43.5 Å². The molecular formula is C13H12ClNO3. The molecule has 0 fully saturated rings. The molecule has 2 aromatic rings. The largest absolute Gasteiger partial charge is 0.497 e. The molecule has 0 aliphatic rings. The van der Waals surface area contributed by atoms with E-state index >= 15 is 0 Å². The lowest BCUT2D eigenvalue weighted by Gasteiger charge is -2.04. The topological polar surface area (TPSA) is 51.5 Å². The van der Waals surface area contributed by atoms with Crippen LogP contribution in [0.5, 0.6) is 5.75 Å². The number of rotatable bonds is 4. The summed E-state index contributed by atoms with van der Waals surface area (Å²) in [6.07, 6.45) is 0. The van der Waals surface area contributed by atoms with E-state index in [0.29, 0.717) is 11.4 Å². The van der Waals surface area contributed by atoms with Crippen LogP contribution in [0.25, 0.3) is 0 Å². The molecule has 1 aromatic carbocycles. The monoisotopic (exact) mass is 265 g/mol. The van der Waals surface area contributed by atoms with Crippen molar-refractivity contribution in [3.05, 3.63) is 47.9 Å². The summed E-state index contributed by atoms with van der Waals surface area (Å²) < 4.78 is 10.3. The molecule has 18 heavy (non-hydrogen) atoms. The molecule has 5 heteroatoms. The highest BCUT2D eigenvalue weighted by atomic mass is 35.5. The van der Waals surface area contributed by atoms with Gasteiger partial charge in [0, 0.05) is 5.69 Å². The normalized spacial score (nSPS) is 10.1. The molecule has 1 N–H and O–H groups in total. The molecule has 2 rings (SSSR count). The van der Waals surface area contributed by atoms with Crippen LogP contribution in [0.4, 0.5) is 5.69 Å². The summed E-state index contributed by atoms with van der Waals surface area (Å²) in [6.45, 7) is 0. The number of ether oxygens (including phenoxy) is 1. The van der Waals surface area contributed by atoms with Gasteiger partial charge in [-0.2, -0.15) is 0 Å². The van der Waals surface area contributed by atoms with Gasteiger partial charge in [0.25, 0.3) is 5.91 Å². The van der Waals surface area contributed by atoms with Gasteiger partial charge in [-0.15, -0.1) is 11.6 Å². The molecule has 0 aliphatic carbocycles. The van der Waals surface area contributed by atoms with Crippen LogP contribution in [0, 0.1) is 0 Å². The van der Waals surface area contributed by atoms with E-state index < -0.39 is 0 Å². The van der Waals surface area contributed by atoms with Gasteiger partial charge in [-0.05, 0) is 36.4 Å². The number of benzene rings is 1. The van der Waals surface area contributed by atoms with E-state index in [1.165, 1.54) is 0 Å². The maximum atomic E-state index is 11.8. The third-order valence-electron chi connectivity index (χ3n) is 2.37. The Morgan fingerprint density at radius 1 is 1.28 bits per heavy atom. The molecule has 0 spiro atoms. The quantitative estimate of drug-likeness (QED) is 0.863. The third kappa shape index (κ3) is 2.84. The van der Waals surface area contributed by atoms with Crippen molar-refractivity contribution < 1.29 is 13.9 Å². The lowest BCUT2D eigenvalue weighted by atomic mass is 10.3. The average Bonchev–Trinajstić information content (AvgIpc) is 2.88. The number of alkyl halides is 1. The van der Waals surface area contributed by atoms with Crippen LogP contribution in [0.1, 0.15) is 16.3 Å². The summed E-state index contributed by atoms with van der Waals surface area (Å²) in [5.74, 6) is 1.47. The van der Waals surface area contributed by atoms with Gasteiger partial charge < -0.3 is 14.5 Å². The standard InChI is InChI=1S/C13H12ClNO3/c1-17-10-4-2-9(3-5-10)15-13(16)12-7-6-11(8-14)18-12/h2-7H,8H2,1H3,(H,15,16). The molecule has 0 aliphatic heterocycles. The lowest BCUT2D eigenvalue weighted by molar-refractivity contribution is 0.0995. The number of amides is 1. The van der Waals surface area contributed by atoms with Crippen LogP contribution in [-0.2, 0) is 5.88 Å². The van der Waals surface area contributed by atoms with Gasteiger partial charge in [-0.1, -0.05) is 0 Å². The van der Waals surface area contributed by atoms with Gasteiger partial charge in [0.1, 0.15) is 11.5 Å². The minimum absolute atomic E-state index is 0.237. The Hall–Kier alpha value is -1.94. The van der Waals surface area contributed by atoms with Crippen LogP contribution in [-0.4, -0.2) is 13.0 Å². The second-order valence-electron chi connectivity index (χ2n) is 3.58. The van der Waals surface area contributed by atoms with Crippen molar-refractivity contribution in [1.29, 1.82) is 0 Å². The van der Waals surface area contributed by atoms with Crippen LogP contribution in [0.2, 0.25) is 0 Å². The molecule has 0 radical (unpaired) electrons. The van der Waals surface area contributed by atoms with Crippen LogP contribution in [0.15, 0.2) is 40.8 Å². The van der Waals surface area contributed by atoms with Crippen molar-refractivity contribution >= 4 is 23.2 Å². The summed E-state index contributed by atoms with van der Waals surface area (Å²) in [7, 11) is 1.59. The number of halogens is 1. The van der Waals surface area contributed by atoms with E-state index in [4.69, 9.17) is 20.8 Å². The molecule has 0 saturated heterocycles. The van der Waals surface area contributed by atoms with Gasteiger partial charge in [-0.25, -0.2) is 0 Å². The summed E-state index contributed by atoms with van der Waals surface area (Å²) in [5, 5.41) is 2.72. The Kier molecular flexibility index (Phi) is 3.89. The van der Waals surface area contributed by atoms with Gasteiger partial charge in [0.15, 0.2) is 5.76 Å². The Morgan fingerprint density at radius 2 is 2.00 bits per heavy atom. The molecular weight excluding hydrogens is 254 g/mol. The smallest absolute Gasteiger partial charge is 0.291 e. The van der Waals surface area contributed by atoms with Crippen LogP contribution >= 0.6 is 11.6 Å². The second kappa shape index (κ2) is 5.60. The highest BCUT2D eigenvalue weighted by Gasteiger charge is 2.10. The first-order valence-corrected chi connectivity index (χ1v) is 5.86. The minimum Gasteiger partial charge on any atom is -0.497 e. The Labute approximate surface area is 110 Å². The molecule has 1 amide bonds. The van der Waals surface area contributed by atoms with Gasteiger partial charge in [0.05, 0.1) is 13.0 Å². The molecule has 0 unspecified atom stereocenters. The fourth-order valence-electron chi connectivity index (χ4n) is 1.44. The van der Waals surface area contributed by atoms with E-state index in [9.17, 15) is 4.79 Å². The fraction of sp³-hybridized carbons (Fsp3) is 0.154. The molecule has 0 saturated carbocycles.